The number of rotatable bonds is 5. The third-order valence-electron chi connectivity index (χ3n) is 4.18. The lowest BCUT2D eigenvalue weighted by atomic mass is 10.0. The number of fused-ring (bicyclic) bond motifs is 1. The van der Waals surface area contributed by atoms with Gasteiger partial charge in [0.2, 0.25) is 0 Å². The van der Waals surface area contributed by atoms with Crippen LogP contribution < -0.4 is 10.6 Å². The first kappa shape index (κ1) is 15.9. The molecule has 1 aliphatic rings. The number of amides is 1. The number of nitrogens with zero attached hydrogens (tertiary/aromatic N) is 1. The zero-order valence-electron chi connectivity index (χ0n) is 13.5. The van der Waals surface area contributed by atoms with Crippen molar-refractivity contribution in [2.24, 2.45) is 5.92 Å². The molecule has 6 heteroatoms. The van der Waals surface area contributed by atoms with Gasteiger partial charge in [-0.05, 0) is 37.0 Å². The third-order valence-corrected chi connectivity index (χ3v) is 4.18. The lowest BCUT2D eigenvalue weighted by Gasteiger charge is -2.11. The van der Waals surface area contributed by atoms with Crippen molar-refractivity contribution in [3.63, 3.8) is 0 Å². The van der Waals surface area contributed by atoms with Crippen molar-refractivity contribution in [2.75, 3.05) is 13.1 Å². The molecule has 3 N–H and O–H groups in total. The molecule has 0 unspecified atom stereocenters. The predicted molar refractivity (Wildman–Crippen MR) is 88.3 cm³/mol. The second-order valence-electron chi connectivity index (χ2n) is 6.68. The lowest BCUT2D eigenvalue weighted by molar-refractivity contribution is 0.0950. The van der Waals surface area contributed by atoms with Crippen LogP contribution in [0.15, 0.2) is 18.2 Å². The molecule has 0 spiro atoms. The number of carbonyl (C=O) groups is 1. The number of alkyl halides is 1. The minimum atomic E-state index is -0.808. The molecule has 0 bridgehead atoms. The van der Waals surface area contributed by atoms with E-state index >= 15 is 0 Å². The summed E-state index contributed by atoms with van der Waals surface area (Å²) in [5, 5.41) is 14.3. The maximum Gasteiger partial charge on any atom is 0.251 e. The maximum absolute atomic E-state index is 13.1. The van der Waals surface area contributed by atoms with Gasteiger partial charge in [-0.15, -0.1) is 0 Å². The Labute approximate surface area is 135 Å². The molecule has 1 aromatic carbocycles. The van der Waals surface area contributed by atoms with Crippen molar-refractivity contribution in [3.05, 3.63) is 29.5 Å². The van der Waals surface area contributed by atoms with Gasteiger partial charge in [-0.3, -0.25) is 9.89 Å². The summed E-state index contributed by atoms with van der Waals surface area (Å²) < 4.78 is 13.1. The fourth-order valence-electron chi connectivity index (χ4n) is 3.01. The largest absolute Gasteiger partial charge is 0.350 e. The van der Waals surface area contributed by atoms with E-state index in [1.807, 2.05) is 12.1 Å². The van der Waals surface area contributed by atoms with Crippen molar-refractivity contribution < 1.29 is 9.18 Å². The van der Waals surface area contributed by atoms with E-state index in [4.69, 9.17) is 0 Å². The van der Waals surface area contributed by atoms with Crippen molar-refractivity contribution in [3.8, 4) is 0 Å². The summed E-state index contributed by atoms with van der Waals surface area (Å²) in [6.45, 7) is 5.12. The molecule has 0 saturated carbocycles. The van der Waals surface area contributed by atoms with Crippen LogP contribution in [0.25, 0.3) is 10.9 Å². The molecule has 124 valence electrons. The molecule has 1 aromatic heterocycles. The number of benzene rings is 1. The van der Waals surface area contributed by atoms with Crippen LogP contribution in [0.2, 0.25) is 0 Å². The van der Waals surface area contributed by atoms with E-state index in [0.717, 1.165) is 23.0 Å². The molecule has 1 saturated heterocycles. The Morgan fingerprint density at radius 2 is 2.30 bits per heavy atom. The molecule has 2 atom stereocenters. The normalized spacial score (nSPS) is 21.2. The molecule has 2 aromatic rings. The van der Waals surface area contributed by atoms with E-state index in [1.165, 1.54) is 0 Å². The van der Waals surface area contributed by atoms with Crippen LogP contribution in [0.4, 0.5) is 4.39 Å². The summed E-state index contributed by atoms with van der Waals surface area (Å²) in [4.78, 5) is 12.3. The monoisotopic (exact) mass is 318 g/mol. The average molecular weight is 318 g/mol. The van der Waals surface area contributed by atoms with E-state index in [0.29, 0.717) is 31.0 Å². The van der Waals surface area contributed by atoms with Crippen LogP contribution >= 0.6 is 0 Å². The van der Waals surface area contributed by atoms with Crippen molar-refractivity contribution in [1.82, 2.24) is 20.8 Å². The Morgan fingerprint density at radius 3 is 3.00 bits per heavy atom. The first-order valence-electron chi connectivity index (χ1n) is 8.15. The number of aromatic amines is 1. The second kappa shape index (κ2) is 6.66. The SMILES string of the molecule is CC(C)Cc1[nH]nc2ccc(C(=O)NC[C@@H]3C[C@H](F)CN3)cc12. The molecule has 1 fully saturated rings. The van der Waals surface area contributed by atoms with Gasteiger partial charge in [-0.2, -0.15) is 5.10 Å². The highest BCUT2D eigenvalue weighted by molar-refractivity contribution is 5.98. The Kier molecular flexibility index (Phi) is 4.61. The number of hydrogen-bond donors (Lipinski definition) is 3. The van der Waals surface area contributed by atoms with Gasteiger partial charge in [0.25, 0.3) is 5.91 Å². The van der Waals surface area contributed by atoms with Gasteiger partial charge in [0, 0.05) is 35.8 Å². The highest BCUT2D eigenvalue weighted by Gasteiger charge is 2.23. The lowest BCUT2D eigenvalue weighted by Crippen LogP contribution is -2.37. The Balaban J connectivity index is 1.70. The van der Waals surface area contributed by atoms with Gasteiger partial charge in [-0.1, -0.05) is 13.8 Å². The summed E-state index contributed by atoms with van der Waals surface area (Å²) >= 11 is 0. The van der Waals surface area contributed by atoms with Gasteiger partial charge in [0.15, 0.2) is 0 Å². The summed E-state index contributed by atoms with van der Waals surface area (Å²) in [6, 6.07) is 5.53. The van der Waals surface area contributed by atoms with Crippen LogP contribution in [0, 0.1) is 5.92 Å². The quantitative estimate of drug-likeness (QED) is 0.791. The molecule has 0 aliphatic carbocycles. The maximum atomic E-state index is 13.1. The van der Waals surface area contributed by atoms with Crippen LogP contribution in [0.1, 0.15) is 36.3 Å². The third kappa shape index (κ3) is 3.69. The number of H-pyrrole nitrogens is 1. The number of carbonyl (C=O) groups excluding carboxylic acids is 1. The molecule has 3 rings (SSSR count). The molecular formula is C17H23FN4O. The first-order chi connectivity index (χ1) is 11.0. The Morgan fingerprint density at radius 1 is 1.48 bits per heavy atom. The van der Waals surface area contributed by atoms with Crippen molar-refractivity contribution >= 4 is 16.8 Å². The first-order valence-corrected chi connectivity index (χ1v) is 8.15. The van der Waals surface area contributed by atoms with E-state index in [1.54, 1.807) is 6.07 Å². The summed E-state index contributed by atoms with van der Waals surface area (Å²) in [7, 11) is 0. The minimum absolute atomic E-state index is 0.0168. The number of halogens is 1. The second-order valence-corrected chi connectivity index (χ2v) is 6.68. The molecule has 1 aliphatic heterocycles. The molecular weight excluding hydrogens is 295 g/mol. The van der Waals surface area contributed by atoms with E-state index in [2.05, 4.69) is 34.7 Å². The fourth-order valence-corrected chi connectivity index (χ4v) is 3.01. The van der Waals surface area contributed by atoms with Crippen LogP contribution in [0.3, 0.4) is 0 Å². The van der Waals surface area contributed by atoms with E-state index in [-0.39, 0.29) is 11.9 Å². The molecule has 0 radical (unpaired) electrons. The molecule has 5 nitrogen and oxygen atoms in total. The Bertz CT molecular complexity index is 697. The van der Waals surface area contributed by atoms with E-state index < -0.39 is 6.17 Å². The number of hydrogen-bond acceptors (Lipinski definition) is 3. The summed E-state index contributed by atoms with van der Waals surface area (Å²) in [6.07, 6.45) is 0.545. The highest BCUT2D eigenvalue weighted by atomic mass is 19.1. The van der Waals surface area contributed by atoms with Gasteiger partial charge >= 0.3 is 0 Å². The van der Waals surface area contributed by atoms with E-state index in [9.17, 15) is 9.18 Å². The molecule has 2 heterocycles. The minimum Gasteiger partial charge on any atom is -0.350 e. The predicted octanol–water partition coefficient (Wildman–Crippen LogP) is 2.19. The van der Waals surface area contributed by atoms with Gasteiger partial charge in [0.05, 0.1) is 5.52 Å². The van der Waals surface area contributed by atoms with Crippen molar-refractivity contribution in [1.29, 1.82) is 0 Å². The van der Waals surface area contributed by atoms with Gasteiger partial charge < -0.3 is 10.6 Å². The topological polar surface area (TPSA) is 69.8 Å². The fraction of sp³-hybridized carbons (Fsp3) is 0.529. The van der Waals surface area contributed by atoms with Gasteiger partial charge in [-0.25, -0.2) is 4.39 Å². The zero-order valence-corrected chi connectivity index (χ0v) is 13.5. The number of nitrogens with one attached hydrogen (secondary N) is 3. The average Bonchev–Trinajstić information content (AvgIpc) is 3.10. The molecule has 1 amide bonds. The smallest absolute Gasteiger partial charge is 0.251 e. The molecule has 23 heavy (non-hydrogen) atoms. The summed E-state index contributed by atoms with van der Waals surface area (Å²) in [5.41, 5.74) is 2.54. The van der Waals surface area contributed by atoms with Gasteiger partial charge in [0.1, 0.15) is 6.17 Å². The van der Waals surface area contributed by atoms with Crippen molar-refractivity contribution in [2.45, 2.75) is 38.9 Å². The van der Waals surface area contributed by atoms with Crippen LogP contribution in [-0.2, 0) is 6.42 Å². The number of aromatic nitrogens is 2. The summed E-state index contributed by atoms with van der Waals surface area (Å²) in [5.74, 6) is 0.380. The van der Waals surface area contributed by atoms with Crippen LogP contribution in [0.5, 0.6) is 0 Å². The Hall–Kier alpha value is -1.95. The zero-order chi connectivity index (χ0) is 16.4. The highest BCUT2D eigenvalue weighted by Crippen LogP contribution is 2.20. The standard InChI is InChI=1S/C17H23FN4O/c1-10(2)5-16-14-6-11(3-4-15(14)21-22-16)17(23)20-9-13-7-12(18)8-19-13/h3-4,6,10,12-13,19H,5,7-9H2,1-2H3,(H,20,23)(H,21,22)/t12-,13-/m0/s1. The van der Waals surface area contributed by atoms with Crippen LogP contribution in [-0.4, -0.2) is 41.4 Å².